The van der Waals surface area contributed by atoms with Crippen LogP contribution >= 0.6 is 0 Å². The number of likely N-dealkylation sites (N-methyl/N-ethyl adjacent to an activating group) is 1. The van der Waals surface area contributed by atoms with E-state index in [4.69, 9.17) is 4.74 Å². The highest BCUT2D eigenvalue weighted by atomic mass is 16.5. The first-order valence-electron chi connectivity index (χ1n) is 8.03. The number of hydrogen-bond acceptors (Lipinski definition) is 4. The predicted molar refractivity (Wildman–Crippen MR) is 86.4 cm³/mol. The number of nitrogens with zero attached hydrogens (tertiary/aromatic N) is 3. The van der Waals surface area contributed by atoms with Crippen LogP contribution in [0.1, 0.15) is 32.1 Å². The number of imidazole rings is 1. The van der Waals surface area contributed by atoms with Gasteiger partial charge in [-0.25, -0.2) is 4.79 Å². The van der Waals surface area contributed by atoms with E-state index in [2.05, 4.69) is 21.9 Å². The maximum Gasteiger partial charge on any atom is 0.327 e. The van der Waals surface area contributed by atoms with Crippen molar-refractivity contribution in [1.29, 1.82) is 0 Å². The molecule has 6 heteroatoms. The van der Waals surface area contributed by atoms with Gasteiger partial charge in [0.15, 0.2) is 5.65 Å². The fourth-order valence-corrected chi connectivity index (χ4v) is 3.30. The van der Waals surface area contributed by atoms with E-state index >= 15 is 0 Å². The Balaban J connectivity index is 1.75. The van der Waals surface area contributed by atoms with E-state index < -0.39 is 0 Å². The molecule has 2 aromatic rings. The second-order valence-electron chi connectivity index (χ2n) is 6.08. The monoisotopic (exact) mass is 304 g/mol. The average Bonchev–Trinajstić information content (AvgIpc) is 2.87. The van der Waals surface area contributed by atoms with Crippen molar-refractivity contribution in [3.8, 4) is 5.88 Å². The van der Waals surface area contributed by atoms with E-state index in [1.165, 1.54) is 32.1 Å². The molecule has 3 rings (SSSR count). The van der Waals surface area contributed by atoms with Gasteiger partial charge in [-0.15, -0.1) is 0 Å². The number of aromatic amines is 1. The summed E-state index contributed by atoms with van der Waals surface area (Å²) >= 11 is 0. The van der Waals surface area contributed by atoms with E-state index in [1.807, 2.05) is 6.07 Å². The third-order valence-corrected chi connectivity index (χ3v) is 4.68. The van der Waals surface area contributed by atoms with Crippen molar-refractivity contribution in [3.63, 3.8) is 0 Å². The zero-order chi connectivity index (χ0) is 15.5. The van der Waals surface area contributed by atoms with Gasteiger partial charge >= 0.3 is 5.69 Å². The molecule has 0 spiro atoms. The van der Waals surface area contributed by atoms with Gasteiger partial charge in [0.25, 0.3) is 0 Å². The molecule has 1 fully saturated rings. The Kier molecular flexibility index (Phi) is 4.47. The summed E-state index contributed by atoms with van der Waals surface area (Å²) in [4.78, 5) is 21.8. The smallest absolute Gasteiger partial charge is 0.327 e. The molecule has 1 N–H and O–H groups in total. The SMILES string of the molecule is COc1ccc2[nH]c(=O)n(CCN(C)C3CCCCC3)c2n1. The number of nitrogens with one attached hydrogen (secondary N) is 1. The molecule has 22 heavy (non-hydrogen) atoms. The van der Waals surface area contributed by atoms with E-state index in [9.17, 15) is 4.79 Å². The zero-order valence-electron chi connectivity index (χ0n) is 13.3. The van der Waals surface area contributed by atoms with Crippen LogP contribution in [0.3, 0.4) is 0 Å². The summed E-state index contributed by atoms with van der Waals surface area (Å²) in [5.74, 6) is 0.529. The second kappa shape index (κ2) is 6.52. The van der Waals surface area contributed by atoms with Gasteiger partial charge in [0.1, 0.15) is 0 Å². The molecule has 0 aromatic carbocycles. The largest absolute Gasteiger partial charge is 0.481 e. The van der Waals surface area contributed by atoms with Crippen LogP contribution in [0.2, 0.25) is 0 Å². The number of rotatable bonds is 5. The number of H-pyrrole nitrogens is 1. The van der Waals surface area contributed by atoms with Crippen molar-refractivity contribution in [1.82, 2.24) is 19.4 Å². The van der Waals surface area contributed by atoms with Crippen molar-refractivity contribution in [2.24, 2.45) is 0 Å². The molecule has 120 valence electrons. The number of methoxy groups -OCH3 is 1. The van der Waals surface area contributed by atoms with Gasteiger partial charge in [-0.1, -0.05) is 19.3 Å². The molecule has 0 atom stereocenters. The lowest BCUT2D eigenvalue weighted by atomic mass is 9.94. The van der Waals surface area contributed by atoms with Crippen molar-refractivity contribution < 1.29 is 4.74 Å². The van der Waals surface area contributed by atoms with E-state index in [0.29, 0.717) is 24.1 Å². The Morgan fingerprint density at radius 2 is 2.14 bits per heavy atom. The molecule has 2 heterocycles. The van der Waals surface area contributed by atoms with Crippen molar-refractivity contribution in [2.45, 2.75) is 44.7 Å². The highest BCUT2D eigenvalue weighted by Gasteiger charge is 2.18. The summed E-state index contributed by atoms with van der Waals surface area (Å²) in [6, 6.07) is 4.25. The summed E-state index contributed by atoms with van der Waals surface area (Å²) in [6.07, 6.45) is 6.54. The summed E-state index contributed by atoms with van der Waals surface area (Å²) in [7, 11) is 3.74. The zero-order valence-corrected chi connectivity index (χ0v) is 13.3. The lowest BCUT2D eigenvalue weighted by Gasteiger charge is -2.31. The molecule has 1 aliphatic carbocycles. The molecular formula is C16H24N4O2. The third kappa shape index (κ3) is 3.02. The first kappa shape index (κ1) is 15.1. The molecule has 0 radical (unpaired) electrons. The van der Waals surface area contributed by atoms with Crippen LogP contribution in [0.15, 0.2) is 16.9 Å². The number of aromatic nitrogens is 3. The molecule has 0 bridgehead atoms. The minimum absolute atomic E-state index is 0.104. The molecule has 1 aliphatic rings. The maximum absolute atomic E-state index is 12.1. The van der Waals surface area contributed by atoms with E-state index in [0.717, 1.165) is 12.1 Å². The van der Waals surface area contributed by atoms with Crippen LogP contribution in [-0.2, 0) is 6.54 Å². The Morgan fingerprint density at radius 3 is 2.86 bits per heavy atom. The minimum atomic E-state index is -0.104. The van der Waals surface area contributed by atoms with Crippen LogP contribution in [-0.4, -0.2) is 46.2 Å². The summed E-state index contributed by atoms with van der Waals surface area (Å²) in [5.41, 5.74) is 1.32. The Morgan fingerprint density at radius 1 is 1.36 bits per heavy atom. The van der Waals surface area contributed by atoms with Gasteiger partial charge < -0.3 is 14.6 Å². The Hall–Kier alpha value is -1.82. The molecule has 0 saturated heterocycles. The highest BCUT2D eigenvalue weighted by Crippen LogP contribution is 2.21. The first-order valence-corrected chi connectivity index (χ1v) is 8.03. The van der Waals surface area contributed by atoms with Gasteiger partial charge in [-0.3, -0.25) is 4.57 Å². The molecule has 0 amide bonds. The lowest BCUT2D eigenvalue weighted by molar-refractivity contribution is 0.186. The van der Waals surface area contributed by atoms with Crippen LogP contribution in [0.5, 0.6) is 5.88 Å². The van der Waals surface area contributed by atoms with Crippen LogP contribution in [0, 0.1) is 0 Å². The van der Waals surface area contributed by atoms with E-state index in [-0.39, 0.29) is 5.69 Å². The molecule has 0 unspecified atom stereocenters. The highest BCUT2D eigenvalue weighted by molar-refractivity contribution is 5.71. The third-order valence-electron chi connectivity index (χ3n) is 4.68. The fraction of sp³-hybridized carbons (Fsp3) is 0.625. The van der Waals surface area contributed by atoms with Gasteiger partial charge in [0.2, 0.25) is 5.88 Å². The van der Waals surface area contributed by atoms with Gasteiger partial charge in [0, 0.05) is 25.2 Å². The minimum Gasteiger partial charge on any atom is -0.481 e. The summed E-state index contributed by atoms with van der Waals surface area (Å²) < 4.78 is 6.86. The Bertz CT molecular complexity index is 685. The molecule has 0 aliphatic heterocycles. The van der Waals surface area contributed by atoms with Gasteiger partial charge in [-0.05, 0) is 26.0 Å². The number of hydrogen-bond donors (Lipinski definition) is 1. The van der Waals surface area contributed by atoms with Crippen molar-refractivity contribution in [3.05, 3.63) is 22.6 Å². The van der Waals surface area contributed by atoms with Crippen LogP contribution in [0.4, 0.5) is 0 Å². The molecule has 6 nitrogen and oxygen atoms in total. The van der Waals surface area contributed by atoms with Crippen LogP contribution < -0.4 is 10.4 Å². The van der Waals surface area contributed by atoms with Crippen LogP contribution in [0.25, 0.3) is 11.2 Å². The predicted octanol–water partition coefficient (Wildman–Crippen LogP) is 2.00. The topological polar surface area (TPSA) is 63.2 Å². The number of pyridine rings is 1. The van der Waals surface area contributed by atoms with Crippen molar-refractivity contribution in [2.75, 3.05) is 20.7 Å². The number of fused-ring (bicyclic) bond motifs is 1. The standard InChI is InChI=1S/C16H24N4O2/c1-19(12-6-4-3-5-7-12)10-11-20-15-13(17-16(20)21)8-9-14(18-15)22-2/h8-9,12H,3-7,10-11H2,1-2H3,(H,17,21). The fourth-order valence-electron chi connectivity index (χ4n) is 3.30. The molecule has 2 aromatic heterocycles. The average molecular weight is 304 g/mol. The molecule has 1 saturated carbocycles. The second-order valence-corrected chi connectivity index (χ2v) is 6.08. The van der Waals surface area contributed by atoms with Gasteiger partial charge in [-0.2, -0.15) is 4.98 Å². The maximum atomic E-state index is 12.1. The quantitative estimate of drug-likeness (QED) is 0.917. The normalized spacial score (nSPS) is 16.5. The Labute approximate surface area is 130 Å². The van der Waals surface area contributed by atoms with E-state index in [1.54, 1.807) is 17.7 Å². The van der Waals surface area contributed by atoms with Gasteiger partial charge in [0.05, 0.1) is 12.6 Å². The summed E-state index contributed by atoms with van der Waals surface area (Å²) in [5, 5.41) is 0. The number of ether oxygens (including phenoxy) is 1. The van der Waals surface area contributed by atoms with Crippen molar-refractivity contribution >= 4 is 11.2 Å². The first-order chi connectivity index (χ1) is 10.7. The summed E-state index contributed by atoms with van der Waals surface area (Å²) in [6.45, 7) is 1.50. The lowest BCUT2D eigenvalue weighted by Crippen LogP contribution is -2.36. The molecular weight excluding hydrogens is 280 g/mol.